The number of aromatic amines is 1. The standard InChI is InChI=1S/C12H13N3O/c1-7-4-9(10-6-14-15-12(10)13)5-8-2-3-16-11(7)8/h4-6H,2-3H2,1H3,(H3,13,14,15). The van der Waals surface area contributed by atoms with E-state index in [1.807, 2.05) is 0 Å². The number of nitrogens with zero attached hydrogens (tertiary/aromatic N) is 1. The summed E-state index contributed by atoms with van der Waals surface area (Å²) in [6.07, 6.45) is 2.73. The van der Waals surface area contributed by atoms with Crippen molar-refractivity contribution in [2.24, 2.45) is 0 Å². The average molecular weight is 215 g/mol. The van der Waals surface area contributed by atoms with Gasteiger partial charge < -0.3 is 10.5 Å². The van der Waals surface area contributed by atoms with E-state index in [1.54, 1.807) is 6.20 Å². The SMILES string of the molecule is Cc1cc(-c2cn[nH]c2N)cc2c1OCC2. The third-order valence-corrected chi connectivity index (χ3v) is 2.95. The lowest BCUT2D eigenvalue weighted by atomic mass is 10.0. The van der Waals surface area contributed by atoms with Gasteiger partial charge in [-0.2, -0.15) is 5.10 Å². The highest BCUT2D eigenvalue weighted by Crippen LogP contribution is 2.35. The number of nitrogen functional groups attached to an aromatic ring is 1. The van der Waals surface area contributed by atoms with E-state index in [0.29, 0.717) is 5.82 Å². The molecule has 1 aromatic heterocycles. The van der Waals surface area contributed by atoms with Crippen LogP contribution < -0.4 is 10.5 Å². The fourth-order valence-corrected chi connectivity index (χ4v) is 2.18. The normalized spacial score (nSPS) is 13.6. The number of H-pyrrole nitrogens is 1. The molecule has 0 saturated heterocycles. The summed E-state index contributed by atoms with van der Waals surface area (Å²) in [6, 6.07) is 4.22. The van der Waals surface area contributed by atoms with E-state index < -0.39 is 0 Å². The minimum atomic E-state index is 0.610. The van der Waals surface area contributed by atoms with Gasteiger partial charge in [0.05, 0.1) is 12.8 Å². The molecular weight excluding hydrogens is 202 g/mol. The predicted molar refractivity (Wildman–Crippen MR) is 62.4 cm³/mol. The molecule has 0 fully saturated rings. The Kier molecular flexibility index (Phi) is 1.89. The maximum absolute atomic E-state index is 5.82. The summed E-state index contributed by atoms with van der Waals surface area (Å²) in [5.74, 6) is 1.64. The van der Waals surface area contributed by atoms with Gasteiger partial charge >= 0.3 is 0 Å². The Bertz CT molecular complexity index is 545. The summed E-state index contributed by atoms with van der Waals surface area (Å²) < 4.78 is 5.58. The van der Waals surface area contributed by atoms with E-state index in [9.17, 15) is 0 Å². The topological polar surface area (TPSA) is 63.9 Å². The second-order valence-electron chi connectivity index (χ2n) is 4.08. The van der Waals surface area contributed by atoms with Gasteiger partial charge in [-0.15, -0.1) is 0 Å². The lowest BCUT2D eigenvalue weighted by Crippen LogP contribution is -1.90. The first-order valence-electron chi connectivity index (χ1n) is 5.31. The van der Waals surface area contributed by atoms with Crippen molar-refractivity contribution in [2.75, 3.05) is 12.3 Å². The van der Waals surface area contributed by atoms with Gasteiger partial charge in [0.15, 0.2) is 0 Å². The second-order valence-corrected chi connectivity index (χ2v) is 4.08. The van der Waals surface area contributed by atoms with Crippen molar-refractivity contribution in [1.82, 2.24) is 10.2 Å². The zero-order valence-electron chi connectivity index (χ0n) is 9.08. The van der Waals surface area contributed by atoms with Crippen LogP contribution in [-0.4, -0.2) is 16.8 Å². The number of aryl methyl sites for hydroxylation is 1. The molecule has 3 rings (SSSR count). The molecule has 0 unspecified atom stereocenters. The summed E-state index contributed by atoms with van der Waals surface area (Å²) in [6.45, 7) is 2.84. The lowest BCUT2D eigenvalue weighted by Gasteiger charge is -2.07. The molecular formula is C12H13N3O. The molecule has 1 aliphatic rings. The number of anilines is 1. The number of rotatable bonds is 1. The number of aromatic nitrogens is 2. The Balaban J connectivity index is 2.17. The van der Waals surface area contributed by atoms with Crippen LogP contribution >= 0.6 is 0 Å². The van der Waals surface area contributed by atoms with Crippen LogP contribution in [0.5, 0.6) is 5.75 Å². The average Bonchev–Trinajstić information content (AvgIpc) is 2.85. The van der Waals surface area contributed by atoms with Gasteiger partial charge in [0.25, 0.3) is 0 Å². The Labute approximate surface area is 93.4 Å². The number of nitrogens with two attached hydrogens (primary N) is 1. The van der Waals surface area contributed by atoms with E-state index in [2.05, 4.69) is 29.3 Å². The lowest BCUT2D eigenvalue weighted by molar-refractivity contribution is 0.354. The minimum Gasteiger partial charge on any atom is -0.493 e. The quantitative estimate of drug-likeness (QED) is 0.763. The van der Waals surface area contributed by atoms with Crippen molar-refractivity contribution in [3.63, 3.8) is 0 Å². The largest absolute Gasteiger partial charge is 0.493 e. The van der Waals surface area contributed by atoms with Crippen molar-refractivity contribution in [2.45, 2.75) is 13.3 Å². The van der Waals surface area contributed by atoms with Gasteiger partial charge in [-0.1, -0.05) is 0 Å². The molecule has 3 N–H and O–H groups in total. The molecule has 0 amide bonds. The van der Waals surface area contributed by atoms with Crippen LogP contribution in [-0.2, 0) is 6.42 Å². The van der Waals surface area contributed by atoms with E-state index in [1.165, 1.54) is 5.56 Å². The van der Waals surface area contributed by atoms with Crippen molar-refractivity contribution in [1.29, 1.82) is 0 Å². The van der Waals surface area contributed by atoms with E-state index in [0.717, 1.165) is 35.5 Å². The van der Waals surface area contributed by atoms with Crippen molar-refractivity contribution in [3.8, 4) is 16.9 Å². The number of hydrogen-bond acceptors (Lipinski definition) is 3. The molecule has 0 aliphatic carbocycles. The van der Waals surface area contributed by atoms with Crippen LogP contribution in [0.2, 0.25) is 0 Å². The molecule has 1 aliphatic heterocycles. The number of benzene rings is 1. The van der Waals surface area contributed by atoms with Gasteiger partial charge in [0, 0.05) is 12.0 Å². The Morgan fingerprint density at radius 2 is 2.31 bits per heavy atom. The molecule has 16 heavy (non-hydrogen) atoms. The molecule has 0 bridgehead atoms. The fraction of sp³-hybridized carbons (Fsp3) is 0.250. The zero-order valence-corrected chi connectivity index (χ0v) is 9.08. The first-order valence-corrected chi connectivity index (χ1v) is 5.31. The molecule has 1 aromatic carbocycles. The number of nitrogens with one attached hydrogen (secondary N) is 1. The summed E-state index contributed by atoms with van der Waals surface area (Å²) in [5, 5.41) is 6.69. The first-order chi connectivity index (χ1) is 7.75. The fourth-order valence-electron chi connectivity index (χ4n) is 2.18. The zero-order chi connectivity index (χ0) is 11.1. The molecule has 0 saturated carbocycles. The van der Waals surface area contributed by atoms with Crippen molar-refractivity contribution < 1.29 is 4.74 Å². The number of ether oxygens (including phenoxy) is 1. The molecule has 4 nitrogen and oxygen atoms in total. The number of hydrogen-bond donors (Lipinski definition) is 2. The summed E-state index contributed by atoms with van der Waals surface area (Å²) >= 11 is 0. The van der Waals surface area contributed by atoms with Gasteiger partial charge in [-0.25, -0.2) is 0 Å². The molecule has 82 valence electrons. The van der Waals surface area contributed by atoms with Crippen LogP contribution in [0.3, 0.4) is 0 Å². The Hall–Kier alpha value is -1.97. The second kappa shape index (κ2) is 3.27. The summed E-state index contributed by atoms with van der Waals surface area (Å²) in [5.41, 5.74) is 10.3. The third-order valence-electron chi connectivity index (χ3n) is 2.95. The molecule has 0 radical (unpaired) electrons. The predicted octanol–water partition coefficient (Wildman–Crippen LogP) is 1.90. The molecule has 2 aromatic rings. The van der Waals surface area contributed by atoms with Crippen LogP contribution in [0, 0.1) is 6.92 Å². The van der Waals surface area contributed by atoms with E-state index in [-0.39, 0.29) is 0 Å². The molecule has 4 heteroatoms. The van der Waals surface area contributed by atoms with Crippen LogP contribution in [0.4, 0.5) is 5.82 Å². The maximum atomic E-state index is 5.82. The van der Waals surface area contributed by atoms with Crippen LogP contribution in [0.25, 0.3) is 11.1 Å². The highest BCUT2D eigenvalue weighted by molar-refractivity contribution is 5.75. The molecule has 0 atom stereocenters. The van der Waals surface area contributed by atoms with Gasteiger partial charge in [0.2, 0.25) is 0 Å². The highest BCUT2D eigenvalue weighted by Gasteiger charge is 2.17. The Morgan fingerprint density at radius 3 is 3.06 bits per heavy atom. The van der Waals surface area contributed by atoms with Gasteiger partial charge in [-0.05, 0) is 35.7 Å². The van der Waals surface area contributed by atoms with E-state index >= 15 is 0 Å². The highest BCUT2D eigenvalue weighted by atomic mass is 16.5. The summed E-state index contributed by atoms with van der Waals surface area (Å²) in [7, 11) is 0. The summed E-state index contributed by atoms with van der Waals surface area (Å²) in [4.78, 5) is 0. The van der Waals surface area contributed by atoms with Crippen LogP contribution in [0.1, 0.15) is 11.1 Å². The maximum Gasteiger partial charge on any atom is 0.126 e. The first kappa shape index (κ1) is 9.27. The van der Waals surface area contributed by atoms with Crippen molar-refractivity contribution in [3.05, 3.63) is 29.5 Å². The number of fused-ring (bicyclic) bond motifs is 1. The molecule has 0 spiro atoms. The van der Waals surface area contributed by atoms with Crippen molar-refractivity contribution >= 4 is 5.82 Å². The molecule has 2 heterocycles. The monoisotopic (exact) mass is 215 g/mol. The van der Waals surface area contributed by atoms with E-state index in [4.69, 9.17) is 10.5 Å². The third kappa shape index (κ3) is 1.26. The van der Waals surface area contributed by atoms with Crippen LogP contribution in [0.15, 0.2) is 18.3 Å². The smallest absolute Gasteiger partial charge is 0.126 e. The Morgan fingerprint density at radius 1 is 1.44 bits per heavy atom. The minimum absolute atomic E-state index is 0.610. The van der Waals surface area contributed by atoms with Gasteiger partial charge in [-0.3, -0.25) is 5.10 Å². The van der Waals surface area contributed by atoms with Gasteiger partial charge in [0.1, 0.15) is 11.6 Å².